The molecule has 1 aliphatic rings. The van der Waals surface area contributed by atoms with Gasteiger partial charge in [0.1, 0.15) is 9.96 Å². The van der Waals surface area contributed by atoms with E-state index in [1.54, 1.807) is 43.4 Å². The molecule has 0 aliphatic carbocycles. The van der Waals surface area contributed by atoms with Crippen molar-refractivity contribution >= 4 is 39.0 Å². The molecule has 1 N–H and O–H groups in total. The van der Waals surface area contributed by atoms with Gasteiger partial charge in [-0.05, 0) is 63.1 Å². The zero-order valence-corrected chi connectivity index (χ0v) is 20.2. The molecule has 1 fully saturated rings. The number of nitrogens with zero attached hydrogens (tertiary/aromatic N) is 2. The lowest BCUT2D eigenvalue weighted by Gasteiger charge is -2.25. The molecular weight excluding hydrogens is 450 g/mol. The average Bonchev–Trinajstić information content (AvgIpc) is 3.23. The first-order chi connectivity index (χ1) is 15.2. The standard InChI is InChI=1S/C22H29N3O5S2/c1-16(2)23-22(27)24(3)17-7-9-18(10-8-17)30-20(26)15-19-11-12-21(31-19)32(28,29)25-13-5-4-6-14-25/h7-12,16H,4-6,13-15H2,1-3H3,(H,23,27). The maximum atomic E-state index is 12.8. The van der Waals surface area contributed by atoms with Gasteiger partial charge >= 0.3 is 12.0 Å². The molecule has 1 aromatic carbocycles. The van der Waals surface area contributed by atoms with E-state index in [0.29, 0.717) is 29.4 Å². The van der Waals surface area contributed by atoms with E-state index in [-0.39, 0.29) is 22.7 Å². The summed E-state index contributed by atoms with van der Waals surface area (Å²) in [6.07, 6.45) is 2.79. The molecule has 1 aromatic heterocycles. The lowest BCUT2D eigenvalue weighted by Crippen LogP contribution is -2.40. The molecule has 174 valence electrons. The van der Waals surface area contributed by atoms with Crippen LogP contribution in [0.25, 0.3) is 0 Å². The highest BCUT2D eigenvalue weighted by molar-refractivity contribution is 7.91. The lowest BCUT2D eigenvalue weighted by atomic mass is 10.2. The van der Waals surface area contributed by atoms with E-state index in [1.165, 1.54) is 9.21 Å². The van der Waals surface area contributed by atoms with Gasteiger partial charge in [0.2, 0.25) is 0 Å². The number of rotatable bonds is 7. The number of anilines is 1. The van der Waals surface area contributed by atoms with Crippen molar-refractivity contribution in [1.82, 2.24) is 9.62 Å². The van der Waals surface area contributed by atoms with Gasteiger partial charge in [-0.15, -0.1) is 11.3 Å². The Bertz CT molecular complexity index is 1040. The molecular formula is C22H29N3O5S2. The molecule has 0 spiro atoms. The van der Waals surface area contributed by atoms with Crippen LogP contribution in [0.5, 0.6) is 5.75 Å². The summed E-state index contributed by atoms with van der Waals surface area (Å²) in [5.41, 5.74) is 0.661. The molecule has 0 atom stereocenters. The summed E-state index contributed by atoms with van der Waals surface area (Å²) in [5.74, 6) is -0.124. The number of amides is 2. The van der Waals surface area contributed by atoms with E-state index in [2.05, 4.69) is 5.32 Å². The number of nitrogens with one attached hydrogen (secondary N) is 1. The van der Waals surface area contributed by atoms with Crippen molar-refractivity contribution in [3.8, 4) is 5.75 Å². The van der Waals surface area contributed by atoms with Crippen LogP contribution in [-0.2, 0) is 21.2 Å². The number of esters is 1. The minimum Gasteiger partial charge on any atom is -0.426 e. The van der Waals surface area contributed by atoms with Gasteiger partial charge in [0.15, 0.2) is 0 Å². The molecule has 0 saturated carbocycles. The lowest BCUT2D eigenvalue weighted by molar-refractivity contribution is -0.133. The minimum absolute atomic E-state index is 0.0152. The predicted octanol–water partition coefficient (Wildman–Crippen LogP) is 3.63. The second-order valence-electron chi connectivity index (χ2n) is 7.99. The van der Waals surface area contributed by atoms with E-state index < -0.39 is 16.0 Å². The van der Waals surface area contributed by atoms with Gasteiger partial charge < -0.3 is 10.1 Å². The fourth-order valence-electron chi connectivity index (χ4n) is 3.33. The highest BCUT2D eigenvalue weighted by Crippen LogP contribution is 2.28. The first kappa shape index (κ1) is 24.2. The van der Waals surface area contributed by atoms with E-state index in [4.69, 9.17) is 4.74 Å². The summed E-state index contributed by atoms with van der Waals surface area (Å²) < 4.78 is 32.7. The predicted molar refractivity (Wildman–Crippen MR) is 125 cm³/mol. The number of benzene rings is 1. The van der Waals surface area contributed by atoms with Crippen molar-refractivity contribution in [3.63, 3.8) is 0 Å². The van der Waals surface area contributed by atoms with Gasteiger partial charge in [0.05, 0.1) is 6.42 Å². The fourth-order valence-corrected chi connectivity index (χ4v) is 6.35. The highest BCUT2D eigenvalue weighted by Gasteiger charge is 2.27. The molecule has 1 aliphatic heterocycles. The summed E-state index contributed by atoms with van der Waals surface area (Å²) in [6, 6.07) is 9.64. The third-order valence-corrected chi connectivity index (χ3v) is 8.49. The van der Waals surface area contributed by atoms with Gasteiger partial charge in [-0.1, -0.05) is 6.42 Å². The van der Waals surface area contributed by atoms with Gasteiger partial charge in [-0.2, -0.15) is 4.31 Å². The van der Waals surface area contributed by atoms with Gasteiger partial charge in [-0.25, -0.2) is 13.2 Å². The Morgan fingerprint density at radius 1 is 1.09 bits per heavy atom. The molecule has 2 amide bonds. The van der Waals surface area contributed by atoms with Crippen molar-refractivity contribution in [2.45, 2.75) is 49.8 Å². The Hall–Kier alpha value is -2.43. The zero-order valence-electron chi connectivity index (χ0n) is 18.5. The normalized spacial score (nSPS) is 14.9. The van der Waals surface area contributed by atoms with Crippen LogP contribution >= 0.6 is 11.3 Å². The number of piperidine rings is 1. The molecule has 32 heavy (non-hydrogen) atoms. The van der Waals surface area contributed by atoms with Crippen LogP contribution in [-0.4, -0.2) is 50.9 Å². The summed E-state index contributed by atoms with van der Waals surface area (Å²) in [4.78, 5) is 26.5. The van der Waals surface area contributed by atoms with Crippen molar-refractivity contribution < 1.29 is 22.7 Å². The fraction of sp³-hybridized carbons (Fsp3) is 0.455. The second-order valence-corrected chi connectivity index (χ2v) is 11.3. The number of hydrogen-bond acceptors (Lipinski definition) is 6. The highest BCUT2D eigenvalue weighted by atomic mass is 32.2. The van der Waals surface area contributed by atoms with Crippen LogP contribution in [0.4, 0.5) is 10.5 Å². The quantitative estimate of drug-likeness (QED) is 0.483. The first-order valence-corrected chi connectivity index (χ1v) is 12.9. The largest absolute Gasteiger partial charge is 0.426 e. The third-order valence-electron chi connectivity index (χ3n) is 5.04. The van der Waals surface area contributed by atoms with Crippen molar-refractivity contribution in [3.05, 3.63) is 41.3 Å². The van der Waals surface area contributed by atoms with Crippen LogP contribution in [0.15, 0.2) is 40.6 Å². The molecule has 0 radical (unpaired) electrons. The number of carbonyl (C=O) groups is 2. The zero-order chi connectivity index (χ0) is 23.3. The molecule has 2 heterocycles. The summed E-state index contributed by atoms with van der Waals surface area (Å²) in [6.45, 7) is 4.85. The molecule has 1 saturated heterocycles. The smallest absolute Gasteiger partial charge is 0.321 e. The SMILES string of the molecule is CC(C)NC(=O)N(C)c1ccc(OC(=O)Cc2ccc(S(=O)(=O)N3CCCCC3)s2)cc1. The van der Waals surface area contributed by atoms with Gasteiger partial charge in [-0.3, -0.25) is 9.69 Å². The Balaban J connectivity index is 1.57. The average molecular weight is 480 g/mol. The number of urea groups is 1. The van der Waals surface area contributed by atoms with Crippen LogP contribution in [0.1, 0.15) is 38.0 Å². The van der Waals surface area contributed by atoms with E-state index >= 15 is 0 Å². The number of carbonyl (C=O) groups excluding carboxylic acids is 2. The third kappa shape index (κ3) is 6.08. The molecule has 10 heteroatoms. The number of hydrogen-bond donors (Lipinski definition) is 1. The number of ether oxygens (including phenoxy) is 1. The molecule has 8 nitrogen and oxygen atoms in total. The minimum atomic E-state index is -3.50. The monoisotopic (exact) mass is 479 g/mol. The topological polar surface area (TPSA) is 96.0 Å². The number of sulfonamides is 1. The maximum Gasteiger partial charge on any atom is 0.321 e. The van der Waals surface area contributed by atoms with Crippen molar-refractivity contribution in [2.24, 2.45) is 0 Å². The van der Waals surface area contributed by atoms with Gasteiger partial charge in [0, 0.05) is 36.7 Å². The first-order valence-electron chi connectivity index (χ1n) is 10.6. The van der Waals surface area contributed by atoms with E-state index in [1.807, 2.05) is 13.8 Å². The molecule has 0 bridgehead atoms. The van der Waals surface area contributed by atoms with E-state index in [9.17, 15) is 18.0 Å². The van der Waals surface area contributed by atoms with Crippen LogP contribution < -0.4 is 15.0 Å². The molecule has 2 aromatic rings. The summed E-state index contributed by atoms with van der Waals surface area (Å²) in [5, 5.41) is 2.81. The van der Waals surface area contributed by atoms with Crippen LogP contribution in [0.3, 0.4) is 0 Å². The maximum absolute atomic E-state index is 12.8. The molecule has 0 unspecified atom stereocenters. The molecule has 3 rings (SSSR count). The van der Waals surface area contributed by atoms with E-state index in [0.717, 1.165) is 30.6 Å². The van der Waals surface area contributed by atoms with Gasteiger partial charge in [0.25, 0.3) is 10.0 Å². The van der Waals surface area contributed by atoms with Crippen LogP contribution in [0, 0.1) is 0 Å². The number of thiophene rings is 1. The van der Waals surface area contributed by atoms with Crippen molar-refractivity contribution in [2.75, 3.05) is 25.0 Å². The Labute approximate surface area is 193 Å². The Morgan fingerprint density at radius 3 is 2.38 bits per heavy atom. The van der Waals surface area contributed by atoms with Crippen LogP contribution in [0.2, 0.25) is 0 Å². The Kier molecular flexibility index (Phi) is 7.91. The summed E-state index contributed by atoms with van der Waals surface area (Å²) in [7, 11) is -1.84. The summed E-state index contributed by atoms with van der Waals surface area (Å²) >= 11 is 1.11. The Morgan fingerprint density at radius 2 is 1.75 bits per heavy atom. The van der Waals surface area contributed by atoms with Crippen molar-refractivity contribution in [1.29, 1.82) is 0 Å². The second kappa shape index (κ2) is 10.5.